The van der Waals surface area contributed by atoms with Crippen LogP contribution in [0.25, 0.3) is 23.0 Å². The molecule has 0 aliphatic heterocycles. The number of rotatable bonds is 2. The number of aryl methyl sites for hydroxylation is 2. The lowest BCUT2D eigenvalue weighted by atomic mass is 10.1. The predicted molar refractivity (Wildman–Crippen MR) is 69.1 cm³/mol. The van der Waals surface area contributed by atoms with Gasteiger partial charge in [0.05, 0.1) is 0 Å². The van der Waals surface area contributed by atoms with Crippen LogP contribution in [0.2, 0.25) is 0 Å². The maximum Gasteiger partial charge on any atom is 0.272 e. The molecule has 96 valence electrons. The maximum atomic E-state index is 5.79. The molecule has 0 unspecified atom stereocenters. The Morgan fingerprint density at radius 3 is 2.32 bits per heavy atom. The Bertz CT molecular complexity index is 713. The van der Waals surface area contributed by atoms with Gasteiger partial charge in [0.1, 0.15) is 0 Å². The summed E-state index contributed by atoms with van der Waals surface area (Å²) in [6.45, 7) is 3.72. The summed E-state index contributed by atoms with van der Waals surface area (Å²) >= 11 is 0. The highest BCUT2D eigenvalue weighted by atomic mass is 16.4. The van der Waals surface area contributed by atoms with Crippen LogP contribution in [0.3, 0.4) is 0 Å². The highest BCUT2D eigenvalue weighted by Crippen LogP contribution is 2.29. The molecule has 0 fully saturated rings. The van der Waals surface area contributed by atoms with Gasteiger partial charge in [-0.25, -0.2) is 4.98 Å². The van der Waals surface area contributed by atoms with Crippen molar-refractivity contribution in [1.29, 1.82) is 0 Å². The molecule has 0 radical (unpaired) electrons. The molecule has 0 saturated heterocycles. The molecule has 0 bridgehead atoms. The van der Waals surface area contributed by atoms with E-state index in [1.807, 2.05) is 31.2 Å². The molecule has 6 heteroatoms. The van der Waals surface area contributed by atoms with Gasteiger partial charge in [-0.05, 0) is 19.1 Å². The SMILES string of the molecule is Cc1ccc(-c2nc(-c3nnc(C)o3)c(N)o2)cc1. The van der Waals surface area contributed by atoms with Gasteiger partial charge in [-0.3, -0.25) is 0 Å². The third-order valence-electron chi connectivity index (χ3n) is 2.68. The molecular formula is C13H12N4O2. The van der Waals surface area contributed by atoms with E-state index in [4.69, 9.17) is 14.6 Å². The number of nitrogens with two attached hydrogens (primary N) is 1. The zero-order chi connectivity index (χ0) is 13.4. The largest absolute Gasteiger partial charge is 0.420 e. The predicted octanol–water partition coefficient (Wildman–Crippen LogP) is 2.59. The summed E-state index contributed by atoms with van der Waals surface area (Å²) in [4.78, 5) is 4.31. The van der Waals surface area contributed by atoms with Crippen molar-refractivity contribution in [3.63, 3.8) is 0 Å². The van der Waals surface area contributed by atoms with Gasteiger partial charge in [0.2, 0.25) is 17.7 Å². The van der Waals surface area contributed by atoms with E-state index in [0.29, 0.717) is 17.5 Å². The lowest BCUT2D eigenvalue weighted by molar-refractivity contribution is 0.530. The number of anilines is 1. The highest BCUT2D eigenvalue weighted by Gasteiger charge is 2.18. The van der Waals surface area contributed by atoms with Gasteiger partial charge in [0.15, 0.2) is 5.69 Å². The molecular weight excluding hydrogens is 244 g/mol. The van der Waals surface area contributed by atoms with Crippen LogP contribution in [0.15, 0.2) is 33.1 Å². The van der Waals surface area contributed by atoms with Crippen LogP contribution < -0.4 is 5.73 Å². The Morgan fingerprint density at radius 2 is 1.68 bits per heavy atom. The van der Waals surface area contributed by atoms with E-state index in [9.17, 15) is 0 Å². The Morgan fingerprint density at radius 1 is 0.947 bits per heavy atom. The average Bonchev–Trinajstić information content (AvgIpc) is 2.96. The summed E-state index contributed by atoms with van der Waals surface area (Å²) in [7, 11) is 0. The molecule has 0 spiro atoms. The lowest BCUT2D eigenvalue weighted by Crippen LogP contribution is -1.86. The van der Waals surface area contributed by atoms with E-state index in [1.165, 1.54) is 0 Å². The second-order valence-corrected chi connectivity index (χ2v) is 4.22. The molecule has 1 aromatic carbocycles. The summed E-state index contributed by atoms with van der Waals surface area (Å²) in [5, 5.41) is 7.62. The van der Waals surface area contributed by atoms with Crippen LogP contribution in [0.4, 0.5) is 5.88 Å². The van der Waals surface area contributed by atoms with Gasteiger partial charge in [0, 0.05) is 12.5 Å². The number of nitrogen functional groups attached to an aromatic ring is 1. The molecule has 6 nitrogen and oxygen atoms in total. The Hall–Kier alpha value is -2.63. The van der Waals surface area contributed by atoms with Gasteiger partial charge in [0.25, 0.3) is 5.89 Å². The molecule has 0 aliphatic carbocycles. The molecule has 2 N–H and O–H groups in total. The fourth-order valence-electron chi connectivity index (χ4n) is 1.70. The summed E-state index contributed by atoms with van der Waals surface area (Å²) in [6, 6.07) is 7.80. The zero-order valence-corrected chi connectivity index (χ0v) is 10.5. The van der Waals surface area contributed by atoms with E-state index < -0.39 is 0 Å². The smallest absolute Gasteiger partial charge is 0.272 e. The van der Waals surface area contributed by atoms with Crippen molar-refractivity contribution in [2.24, 2.45) is 0 Å². The third-order valence-corrected chi connectivity index (χ3v) is 2.68. The minimum Gasteiger partial charge on any atom is -0.420 e. The first-order chi connectivity index (χ1) is 9.13. The van der Waals surface area contributed by atoms with Crippen LogP contribution >= 0.6 is 0 Å². The molecule has 2 aromatic heterocycles. The second kappa shape index (κ2) is 4.24. The first-order valence-corrected chi connectivity index (χ1v) is 5.77. The minimum atomic E-state index is 0.166. The first-order valence-electron chi connectivity index (χ1n) is 5.77. The summed E-state index contributed by atoms with van der Waals surface area (Å²) in [5.41, 5.74) is 8.17. The van der Waals surface area contributed by atoms with Crippen LogP contribution in [0.5, 0.6) is 0 Å². The van der Waals surface area contributed by atoms with Crippen molar-refractivity contribution >= 4 is 5.88 Å². The molecule has 3 aromatic rings. The first kappa shape index (κ1) is 11.5. The Labute approximate surface area is 109 Å². The van der Waals surface area contributed by atoms with Crippen LogP contribution in [0.1, 0.15) is 11.5 Å². The number of hydrogen-bond donors (Lipinski definition) is 1. The molecule has 0 atom stereocenters. The van der Waals surface area contributed by atoms with E-state index in [2.05, 4.69) is 15.2 Å². The van der Waals surface area contributed by atoms with E-state index in [-0.39, 0.29) is 11.8 Å². The summed E-state index contributed by atoms with van der Waals surface area (Å²) in [5.74, 6) is 1.31. The minimum absolute atomic E-state index is 0.166. The second-order valence-electron chi connectivity index (χ2n) is 4.22. The monoisotopic (exact) mass is 256 g/mol. The van der Waals surface area contributed by atoms with Crippen LogP contribution in [0, 0.1) is 13.8 Å². The molecule has 0 amide bonds. The van der Waals surface area contributed by atoms with Crippen LogP contribution in [-0.4, -0.2) is 15.2 Å². The van der Waals surface area contributed by atoms with Gasteiger partial charge in [-0.1, -0.05) is 17.7 Å². The van der Waals surface area contributed by atoms with Crippen molar-refractivity contribution in [2.45, 2.75) is 13.8 Å². The van der Waals surface area contributed by atoms with Gasteiger partial charge >= 0.3 is 0 Å². The zero-order valence-electron chi connectivity index (χ0n) is 10.5. The molecule has 3 rings (SSSR count). The number of benzene rings is 1. The molecule has 0 aliphatic rings. The summed E-state index contributed by atoms with van der Waals surface area (Å²) < 4.78 is 10.7. The van der Waals surface area contributed by atoms with Crippen molar-refractivity contribution in [3.8, 4) is 23.0 Å². The van der Waals surface area contributed by atoms with Gasteiger partial charge in [-0.2, -0.15) is 0 Å². The van der Waals surface area contributed by atoms with E-state index in [0.717, 1.165) is 11.1 Å². The van der Waals surface area contributed by atoms with Gasteiger partial charge in [-0.15, -0.1) is 10.2 Å². The summed E-state index contributed by atoms with van der Waals surface area (Å²) in [6.07, 6.45) is 0. The standard InChI is InChI=1S/C13H12N4O2/c1-7-3-5-9(6-4-7)12-15-10(11(14)19-12)13-17-16-8(2)18-13/h3-6H,14H2,1-2H3. The van der Waals surface area contributed by atoms with E-state index in [1.54, 1.807) is 6.92 Å². The topological polar surface area (TPSA) is 91.0 Å². The third kappa shape index (κ3) is 2.08. The molecule has 19 heavy (non-hydrogen) atoms. The fourth-order valence-corrected chi connectivity index (χ4v) is 1.70. The van der Waals surface area contributed by atoms with Crippen molar-refractivity contribution in [1.82, 2.24) is 15.2 Å². The molecule has 0 saturated carbocycles. The van der Waals surface area contributed by atoms with Crippen LogP contribution in [-0.2, 0) is 0 Å². The number of nitrogens with zero attached hydrogens (tertiary/aromatic N) is 3. The maximum absolute atomic E-state index is 5.79. The van der Waals surface area contributed by atoms with E-state index >= 15 is 0 Å². The quantitative estimate of drug-likeness (QED) is 0.757. The number of oxazole rings is 1. The number of aromatic nitrogens is 3. The average molecular weight is 256 g/mol. The molecule has 2 heterocycles. The van der Waals surface area contributed by atoms with Crippen molar-refractivity contribution in [2.75, 3.05) is 5.73 Å². The Balaban J connectivity index is 2.04. The normalized spacial score (nSPS) is 10.8. The highest BCUT2D eigenvalue weighted by molar-refractivity contribution is 5.66. The van der Waals surface area contributed by atoms with Gasteiger partial charge < -0.3 is 14.6 Å². The Kier molecular flexibility index (Phi) is 2.56. The lowest BCUT2D eigenvalue weighted by Gasteiger charge is -1.95. The fraction of sp³-hybridized carbons (Fsp3) is 0.154. The van der Waals surface area contributed by atoms with Crippen molar-refractivity contribution in [3.05, 3.63) is 35.7 Å². The van der Waals surface area contributed by atoms with Crippen molar-refractivity contribution < 1.29 is 8.83 Å². The number of hydrogen-bond acceptors (Lipinski definition) is 6.